The smallest absolute Gasteiger partial charge is 0.270 e. The van der Waals surface area contributed by atoms with E-state index in [4.69, 9.17) is 5.11 Å². The second kappa shape index (κ2) is 4.65. The quantitative estimate of drug-likeness (QED) is 0.461. The highest BCUT2D eigenvalue weighted by atomic mass is 16.6. The van der Waals surface area contributed by atoms with Gasteiger partial charge in [-0.2, -0.15) is 0 Å². The van der Waals surface area contributed by atoms with E-state index in [1.807, 2.05) is 0 Å². The third kappa shape index (κ3) is 2.60. The maximum absolute atomic E-state index is 10.6. The van der Waals surface area contributed by atoms with Gasteiger partial charge in [0.15, 0.2) is 0 Å². The Morgan fingerprint density at radius 3 is 2.67 bits per heavy atom. The molecule has 0 aliphatic carbocycles. The van der Waals surface area contributed by atoms with Crippen LogP contribution in [0.5, 0.6) is 0 Å². The molecule has 0 aromatic heterocycles. The van der Waals surface area contributed by atoms with E-state index >= 15 is 0 Å². The number of nitro groups is 1. The summed E-state index contributed by atoms with van der Waals surface area (Å²) in [6.07, 6.45) is 0.709. The molecule has 0 aliphatic rings. The van der Waals surface area contributed by atoms with E-state index < -0.39 is 10.8 Å². The van der Waals surface area contributed by atoms with Crippen molar-refractivity contribution < 1.29 is 14.8 Å². The lowest BCUT2D eigenvalue weighted by molar-refractivity contribution is -0.385. The van der Waals surface area contributed by atoms with Crippen LogP contribution in [-0.4, -0.2) is 16.3 Å². The van der Waals surface area contributed by atoms with Gasteiger partial charge in [-0.25, -0.2) is 0 Å². The van der Waals surface area contributed by atoms with E-state index in [-0.39, 0.29) is 12.3 Å². The summed E-state index contributed by atoms with van der Waals surface area (Å²) in [4.78, 5) is 20.6. The van der Waals surface area contributed by atoms with Crippen molar-refractivity contribution in [1.29, 1.82) is 0 Å². The lowest BCUT2D eigenvalue weighted by atomic mass is 10.00. The molecule has 15 heavy (non-hydrogen) atoms. The monoisotopic (exact) mass is 209 g/mol. The van der Waals surface area contributed by atoms with E-state index in [9.17, 15) is 14.9 Å². The van der Waals surface area contributed by atoms with E-state index in [0.717, 1.165) is 0 Å². The standard InChI is InChI=1S/C10H11NO4/c1-7(5-12)9-2-8(6-13)3-10(4-9)11(14)15/h2-5,7,13H,6H2,1H3. The second-order valence-electron chi connectivity index (χ2n) is 3.27. The minimum atomic E-state index is -0.541. The molecular formula is C10H11NO4. The largest absolute Gasteiger partial charge is 0.392 e. The van der Waals surface area contributed by atoms with Crippen molar-refractivity contribution in [1.82, 2.24) is 0 Å². The molecule has 80 valence electrons. The van der Waals surface area contributed by atoms with Crippen LogP contribution < -0.4 is 0 Å². The van der Waals surface area contributed by atoms with Crippen LogP contribution in [0.15, 0.2) is 18.2 Å². The van der Waals surface area contributed by atoms with Crippen molar-refractivity contribution in [2.24, 2.45) is 0 Å². The summed E-state index contributed by atoms with van der Waals surface area (Å²) in [7, 11) is 0. The predicted octanol–water partition coefficient (Wildman–Crippen LogP) is 1.39. The maximum atomic E-state index is 10.6. The van der Waals surface area contributed by atoms with Gasteiger partial charge in [-0.15, -0.1) is 0 Å². The van der Waals surface area contributed by atoms with Crippen molar-refractivity contribution in [2.75, 3.05) is 0 Å². The highest BCUT2D eigenvalue weighted by Crippen LogP contribution is 2.22. The van der Waals surface area contributed by atoms with Crippen LogP contribution in [0.2, 0.25) is 0 Å². The molecule has 0 spiro atoms. The second-order valence-corrected chi connectivity index (χ2v) is 3.27. The molecule has 1 aromatic rings. The van der Waals surface area contributed by atoms with Crippen molar-refractivity contribution in [2.45, 2.75) is 19.4 Å². The Balaban J connectivity index is 3.22. The van der Waals surface area contributed by atoms with Crippen LogP contribution in [0.3, 0.4) is 0 Å². The van der Waals surface area contributed by atoms with E-state index in [2.05, 4.69) is 0 Å². The Morgan fingerprint density at radius 2 is 2.20 bits per heavy atom. The molecule has 1 N–H and O–H groups in total. The predicted molar refractivity (Wildman–Crippen MR) is 53.5 cm³/mol. The Morgan fingerprint density at radius 1 is 1.53 bits per heavy atom. The summed E-state index contributed by atoms with van der Waals surface area (Å²) in [5.74, 6) is -0.407. The minimum Gasteiger partial charge on any atom is -0.392 e. The van der Waals surface area contributed by atoms with Crippen LogP contribution in [-0.2, 0) is 11.4 Å². The number of non-ortho nitro benzene ring substituents is 1. The Kier molecular flexibility index (Phi) is 3.51. The lowest BCUT2D eigenvalue weighted by Crippen LogP contribution is -1.99. The Bertz CT molecular complexity index is 389. The van der Waals surface area contributed by atoms with Crippen LogP contribution >= 0.6 is 0 Å². The summed E-state index contributed by atoms with van der Waals surface area (Å²) >= 11 is 0. The van der Waals surface area contributed by atoms with Gasteiger partial charge in [0.25, 0.3) is 5.69 Å². The average molecular weight is 209 g/mol. The highest BCUT2D eigenvalue weighted by molar-refractivity contribution is 5.62. The van der Waals surface area contributed by atoms with E-state index in [1.54, 1.807) is 13.0 Å². The molecule has 1 atom stereocenters. The van der Waals surface area contributed by atoms with Crippen LogP contribution in [0.25, 0.3) is 0 Å². The number of carbonyl (C=O) groups is 1. The molecule has 0 saturated carbocycles. The third-order valence-electron chi connectivity index (χ3n) is 2.12. The number of benzene rings is 1. The van der Waals surface area contributed by atoms with Crippen molar-refractivity contribution in [3.8, 4) is 0 Å². The number of carbonyl (C=O) groups excluding carboxylic acids is 1. The summed E-state index contributed by atoms with van der Waals surface area (Å²) in [5.41, 5.74) is 0.876. The van der Waals surface area contributed by atoms with Gasteiger partial charge in [-0.3, -0.25) is 10.1 Å². The number of aldehydes is 1. The molecule has 1 rings (SSSR count). The molecule has 0 heterocycles. The number of rotatable bonds is 4. The SMILES string of the molecule is CC(C=O)c1cc(CO)cc([N+](=O)[O-])c1. The van der Waals surface area contributed by atoms with Gasteiger partial charge in [0.05, 0.1) is 11.5 Å². The molecule has 0 radical (unpaired) electrons. The van der Waals surface area contributed by atoms with Gasteiger partial charge in [-0.1, -0.05) is 13.0 Å². The van der Waals surface area contributed by atoms with Crippen molar-refractivity contribution in [3.05, 3.63) is 39.4 Å². The summed E-state index contributed by atoms with van der Waals surface area (Å²) < 4.78 is 0. The van der Waals surface area contributed by atoms with Crippen LogP contribution in [0, 0.1) is 10.1 Å². The molecule has 5 nitrogen and oxygen atoms in total. The first-order valence-corrected chi connectivity index (χ1v) is 4.43. The van der Waals surface area contributed by atoms with Crippen molar-refractivity contribution >= 4 is 12.0 Å². The first kappa shape index (κ1) is 11.3. The van der Waals surface area contributed by atoms with Crippen LogP contribution in [0.4, 0.5) is 5.69 Å². The summed E-state index contributed by atoms with van der Waals surface area (Å²) in [6, 6.07) is 4.23. The zero-order valence-corrected chi connectivity index (χ0v) is 8.21. The normalized spacial score (nSPS) is 12.1. The fourth-order valence-electron chi connectivity index (χ4n) is 1.24. The molecule has 0 aliphatic heterocycles. The number of nitro benzene ring substituents is 1. The Labute approximate surface area is 86.5 Å². The molecule has 0 amide bonds. The first-order chi connectivity index (χ1) is 7.08. The summed E-state index contributed by atoms with van der Waals surface area (Å²) in [6.45, 7) is 1.37. The van der Waals surface area contributed by atoms with Gasteiger partial charge < -0.3 is 9.90 Å². The number of hydrogen-bond acceptors (Lipinski definition) is 4. The number of aliphatic hydroxyl groups excluding tert-OH is 1. The number of aliphatic hydroxyl groups is 1. The Hall–Kier alpha value is -1.75. The molecule has 1 aromatic carbocycles. The fourth-order valence-corrected chi connectivity index (χ4v) is 1.24. The van der Waals surface area contributed by atoms with Crippen molar-refractivity contribution in [3.63, 3.8) is 0 Å². The van der Waals surface area contributed by atoms with Gasteiger partial charge >= 0.3 is 0 Å². The first-order valence-electron chi connectivity index (χ1n) is 4.43. The van der Waals surface area contributed by atoms with Gasteiger partial charge in [0.1, 0.15) is 6.29 Å². The molecule has 0 saturated heterocycles. The maximum Gasteiger partial charge on any atom is 0.270 e. The zero-order valence-electron chi connectivity index (χ0n) is 8.21. The van der Waals surface area contributed by atoms with Gasteiger partial charge in [0, 0.05) is 18.1 Å². The lowest BCUT2D eigenvalue weighted by Gasteiger charge is -2.06. The molecule has 0 fully saturated rings. The number of nitrogens with zero attached hydrogens (tertiary/aromatic N) is 1. The fraction of sp³-hybridized carbons (Fsp3) is 0.300. The molecule has 0 bridgehead atoms. The zero-order chi connectivity index (χ0) is 11.4. The minimum absolute atomic E-state index is 0.106. The highest BCUT2D eigenvalue weighted by Gasteiger charge is 2.12. The third-order valence-corrected chi connectivity index (χ3v) is 2.12. The summed E-state index contributed by atoms with van der Waals surface area (Å²) in [5, 5.41) is 19.5. The molecular weight excluding hydrogens is 198 g/mol. The molecule has 5 heteroatoms. The number of hydrogen-bond donors (Lipinski definition) is 1. The average Bonchev–Trinajstić information content (AvgIpc) is 2.27. The topological polar surface area (TPSA) is 80.4 Å². The van der Waals surface area contributed by atoms with Crippen LogP contribution in [0.1, 0.15) is 24.0 Å². The molecule has 1 unspecified atom stereocenters. The van der Waals surface area contributed by atoms with Gasteiger partial charge in [0.2, 0.25) is 0 Å². The van der Waals surface area contributed by atoms with E-state index in [0.29, 0.717) is 17.4 Å². The van der Waals surface area contributed by atoms with Gasteiger partial charge in [-0.05, 0) is 11.1 Å². The van der Waals surface area contributed by atoms with E-state index in [1.165, 1.54) is 12.1 Å².